The Labute approximate surface area is 70.4 Å². The van der Waals surface area contributed by atoms with Gasteiger partial charge in [-0.05, 0) is 0 Å². The zero-order chi connectivity index (χ0) is 8.43. The summed E-state index contributed by atoms with van der Waals surface area (Å²) < 4.78 is 0. The fourth-order valence-corrected chi connectivity index (χ4v) is 1.13. The Hall–Kier alpha value is -0.770. The van der Waals surface area contributed by atoms with E-state index in [1.807, 2.05) is 0 Å². The summed E-state index contributed by atoms with van der Waals surface area (Å²) in [5.41, 5.74) is 0. The van der Waals surface area contributed by atoms with E-state index in [-0.39, 0.29) is 18.1 Å². The first-order valence-corrected chi connectivity index (χ1v) is 3.83. The van der Waals surface area contributed by atoms with Gasteiger partial charge in [-0.2, -0.15) is 0 Å². The molecule has 0 aliphatic carbocycles. The third kappa shape index (κ3) is 1.83. The second-order valence-electron chi connectivity index (χ2n) is 2.56. The first-order chi connectivity index (χ1) is 5.11. The molecule has 0 aromatic heterocycles. The Morgan fingerprint density at radius 3 is 2.64 bits per heavy atom. The van der Waals surface area contributed by atoms with E-state index in [1.165, 1.54) is 4.90 Å². The molecular weight excluding hydrogens is 162 g/mol. The van der Waals surface area contributed by atoms with E-state index < -0.39 is 0 Å². The second-order valence-corrected chi connectivity index (χ2v) is 3.03. The van der Waals surface area contributed by atoms with Crippen molar-refractivity contribution in [3.8, 4) is 0 Å². The van der Waals surface area contributed by atoms with Gasteiger partial charge in [0.2, 0.25) is 5.91 Å². The van der Waals surface area contributed by atoms with Crippen molar-refractivity contribution in [1.82, 2.24) is 4.90 Å². The molecule has 0 N–H and O–H groups in total. The molecule has 0 spiro atoms. The van der Waals surface area contributed by atoms with Crippen LogP contribution in [0.4, 0.5) is 0 Å². The Morgan fingerprint density at radius 1 is 1.36 bits per heavy atom. The number of carbonyl (C=O) groups is 2. The van der Waals surface area contributed by atoms with Crippen molar-refractivity contribution < 1.29 is 9.59 Å². The minimum absolute atomic E-state index is 0.0106. The van der Waals surface area contributed by atoms with Crippen LogP contribution in [0.25, 0.3) is 0 Å². The van der Waals surface area contributed by atoms with Gasteiger partial charge in [-0.25, -0.2) is 0 Å². The zero-order valence-electron chi connectivity index (χ0n) is 6.29. The predicted molar refractivity (Wildman–Crippen MR) is 44.2 cm³/mol. The van der Waals surface area contributed by atoms with Crippen LogP contribution in [0, 0.1) is 0 Å². The third-order valence-corrected chi connectivity index (χ3v) is 2.19. The molecule has 1 fully saturated rings. The topological polar surface area (TPSA) is 37.4 Å². The minimum Gasteiger partial charge on any atom is -0.309 e. The smallest absolute Gasteiger partial charge is 0.234 e. The summed E-state index contributed by atoms with van der Waals surface area (Å²) in [4.78, 5) is 23.9. The van der Waals surface area contributed by atoms with E-state index in [1.54, 1.807) is 7.05 Å². The number of ketones is 1. The van der Waals surface area contributed by atoms with E-state index in [0.717, 1.165) is 0 Å². The van der Waals surface area contributed by atoms with Gasteiger partial charge in [-0.15, -0.1) is 0 Å². The highest BCUT2D eigenvalue weighted by molar-refractivity contribution is 7.80. The lowest BCUT2D eigenvalue weighted by atomic mass is 10.2. The molecule has 3 nitrogen and oxygen atoms in total. The molecular formula is C7H9NO2S. The van der Waals surface area contributed by atoms with Crippen molar-refractivity contribution in [3.63, 3.8) is 0 Å². The van der Waals surface area contributed by atoms with E-state index >= 15 is 0 Å². The molecule has 1 heterocycles. The fraction of sp³-hybridized carbons (Fsp3) is 0.571. The van der Waals surface area contributed by atoms with Gasteiger partial charge in [0, 0.05) is 19.9 Å². The van der Waals surface area contributed by atoms with E-state index in [4.69, 9.17) is 12.2 Å². The molecule has 0 aromatic rings. The van der Waals surface area contributed by atoms with Gasteiger partial charge in [0.25, 0.3) is 0 Å². The van der Waals surface area contributed by atoms with Crippen molar-refractivity contribution >= 4 is 28.9 Å². The summed E-state index contributed by atoms with van der Waals surface area (Å²) in [5.74, 6) is -0.195. The maximum absolute atomic E-state index is 11.1. The average molecular weight is 171 g/mol. The Bertz CT molecular complexity index is 224. The summed E-state index contributed by atoms with van der Waals surface area (Å²) >= 11 is 4.90. The van der Waals surface area contributed by atoms with Crippen molar-refractivity contribution in [2.75, 3.05) is 7.05 Å². The highest BCUT2D eigenvalue weighted by Gasteiger charge is 2.21. The normalized spacial score (nSPS) is 20.5. The molecule has 1 rings (SSSR count). The molecule has 1 aliphatic rings. The molecule has 0 atom stereocenters. The second kappa shape index (κ2) is 3.09. The highest BCUT2D eigenvalue weighted by atomic mass is 32.1. The van der Waals surface area contributed by atoms with Gasteiger partial charge in [0.15, 0.2) is 0 Å². The largest absolute Gasteiger partial charge is 0.309 e. The summed E-state index contributed by atoms with van der Waals surface area (Å²) in [6.07, 6.45) is 0.960. The van der Waals surface area contributed by atoms with Crippen LogP contribution in [0.5, 0.6) is 0 Å². The fourth-order valence-electron chi connectivity index (χ4n) is 0.929. The van der Waals surface area contributed by atoms with Crippen LogP contribution in [0.15, 0.2) is 0 Å². The lowest BCUT2D eigenvalue weighted by Crippen LogP contribution is -2.29. The Morgan fingerprint density at radius 2 is 2.00 bits per heavy atom. The molecule has 60 valence electrons. The van der Waals surface area contributed by atoms with E-state index in [0.29, 0.717) is 17.8 Å². The third-order valence-electron chi connectivity index (χ3n) is 1.71. The van der Waals surface area contributed by atoms with Crippen LogP contribution in [0.2, 0.25) is 0 Å². The number of hydrogen-bond donors (Lipinski definition) is 0. The summed E-state index contributed by atoms with van der Waals surface area (Å²) in [6.45, 7) is 0. The number of Topliss-reactive ketones (excluding diaryl/α,β-unsaturated/α-hetero) is 1. The molecule has 4 heteroatoms. The SMILES string of the molecule is CN1C(=O)CC(=O)CCC1=S. The molecule has 11 heavy (non-hydrogen) atoms. The summed E-state index contributed by atoms with van der Waals surface area (Å²) in [6, 6.07) is 0. The van der Waals surface area contributed by atoms with Crippen molar-refractivity contribution in [3.05, 3.63) is 0 Å². The van der Waals surface area contributed by atoms with Crippen molar-refractivity contribution in [1.29, 1.82) is 0 Å². The number of amides is 1. The van der Waals surface area contributed by atoms with Crippen molar-refractivity contribution in [2.24, 2.45) is 0 Å². The lowest BCUT2D eigenvalue weighted by Gasteiger charge is -2.12. The number of rotatable bonds is 0. The number of likely N-dealkylation sites (tertiary alicyclic amines) is 1. The number of hydrogen-bond acceptors (Lipinski definition) is 3. The van der Waals surface area contributed by atoms with Crippen LogP contribution >= 0.6 is 12.2 Å². The Kier molecular flexibility index (Phi) is 2.34. The van der Waals surface area contributed by atoms with Gasteiger partial charge >= 0.3 is 0 Å². The summed E-state index contributed by atoms with van der Waals surface area (Å²) in [7, 11) is 1.61. The van der Waals surface area contributed by atoms with E-state index in [9.17, 15) is 9.59 Å². The highest BCUT2D eigenvalue weighted by Crippen LogP contribution is 2.08. The predicted octanol–water partition coefficient (Wildman–Crippen LogP) is 0.525. The number of thiocarbonyl (C=S) groups is 1. The maximum Gasteiger partial charge on any atom is 0.234 e. The van der Waals surface area contributed by atoms with E-state index in [2.05, 4.69) is 0 Å². The zero-order valence-corrected chi connectivity index (χ0v) is 7.11. The van der Waals surface area contributed by atoms with Gasteiger partial charge in [-0.1, -0.05) is 12.2 Å². The molecule has 1 aliphatic heterocycles. The van der Waals surface area contributed by atoms with Gasteiger partial charge < -0.3 is 4.90 Å². The maximum atomic E-state index is 11.1. The molecule has 0 bridgehead atoms. The molecule has 0 saturated carbocycles. The first kappa shape index (κ1) is 8.33. The minimum atomic E-state index is -0.183. The number of carbonyl (C=O) groups excluding carboxylic acids is 2. The average Bonchev–Trinajstić information content (AvgIpc) is 2.05. The molecule has 0 radical (unpaired) electrons. The Balaban J connectivity index is 2.76. The van der Waals surface area contributed by atoms with Crippen LogP contribution in [-0.2, 0) is 9.59 Å². The molecule has 1 amide bonds. The molecule has 0 aromatic carbocycles. The van der Waals surface area contributed by atoms with Gasteiger partial charge in [0.05, 0.1) is 11.4 Å². The van der Waals surface area contributed by atoms with Crippen LogP contribution < -0.4 is 0 Å². The van der Waals surface area contributed by atoms with Crippen LogP contribution in [0.3, 0.4) is 0 Å². The standard InChI is InChI=1S/C7H9NO2S/c1-8-6(10)4-5(9)2-3-7(8)11/h2-4H2,1H3. The van der Waals surface area contributed by atoms with Crippen molar-refractivity contribution in [2.45, 2.75) is 19.3 Å². The van der Waals surface area contributed by atoms with Gasteiger partial charge in [-0.3, -0.25) is 9.59 Å². The molecule has 1 saturated heterocycles. The number of nitrogens with zero attached hydrogens (tertiary/aromatic N) is 1. The lowest BCUT2D eigenvalue weighted by molar-refractivity contribution is -0.130. The first-order valence-electron chi connectivity index (χ1n) is 3.42. The summed E-state index contributed by atoms with van der Waals surface area (Å²) in [5, 5.41) is 0. The van der Waals surface area contributed by atoms with Crippen LogP contribution in [-0.4, -0.2) is 28.6 Å². The van der Waals surface area contributed by atoms with Gasteiger partial charge in [0.1, 0.15) is 5.78 Å². The monoisotopic (exact) mass is 171 g/mol. The quantitative estimate of drug-likeness (QED) is 0.394. The van der Waals surface area contributed by atoms with Crippen LogP contribution in [0.1, 0.15) is 19.3 Å². The molecule has 0 unspecified atom stereocenters.